The molecule has 0 bridgehead atoms. The van der Waals surface area contributed by atoms with Crippen LogP contribution in [0.1, 0.15) is 196 Å². The smallest absolute Gasteiger partial charge is 0.0914 e. The molecule has 6 nitrogen and oxygen atoms in total. The van der Waals surface area contributed by atoms with Crippen molar-refractivity contribution in [2.75, 3.05) is 20.1 Å². The maximum atomic E-state index is 5.91. The highest BCUT2D eigenvalue weighted by Crippen LogP contribution is 2.60. The molecule has 1 saturated carbocycles. The summed E-state index contributed by atoms with van der Waals surface area (Å²) in [5, 5.41) is 14.3. The van der Waals surface area contributed by atoms with E-state index in [9.17, 15) is 0 Å². The molecule has 5 unspecified atom stereocenters. The van der Waals surface area contributed by atoms with Crippen LogP contribution in [-0.2, 0) is 0 Å². The van der Waals surface area contributed by atoms with E-state index in [0.717, 1.165) is 92.9 Å². The fraction of sp³-hybridized carbons (Fsp3) is 0.724. The molecule has 378 valence electrons. The lowest BCUT2D eigenvalue weighted by molar-refractivity contribution is 0.261. The van der Waals surface area contributed by atoms with Crippen molar-refractivity contribution in [2.24, 2.45) is 46.2 Å². The molecule has 0 aromatic heterocycles. The third kappa shape index (κ3) is 34.1. The molecule has 0 aromatic carbocycles. The van der Waals surface area contributed by atoms with E-state index in [1.54, 1.807) is 0 Å². The Labute approximate surface area is 403 Å². The molecule has 64 heavy (non-hydrogen) atoms. The number of allylic oxidation sites excluding steroid dienone is 5. The first-order chi connectivity index (χ1) is 29.6. The maximum Gasteiger partial charge on any atom is 0.0914 e. The van der Waals surface area contributed by atoms with E-state index in [-0.39, 0.29) is 17.0 Å². The fourth-order valence-electron chi connectivity index (χ4n) is 7.17. The lowest BCUT2D eigenvalue weighted by atomic mass is 9.83. The molecule has 6 N–H and O–H groups in total. The van der Waals surface area contributed by atoms with Crippen molar-refractivity contribution < 1.29 is 0 Å². The van der Waals surface area contributed by atoms with Crippen LogP contribution in [0, 0.1) is 40.4 Å². The Morgan fingerprint density at radius 1 is 0.797 bits per heavy atom. The van der Waals surface area contributed by atoms with Gasteiger partial charge in [-0.15, -0.1) is 13.2 Å². The minimum atomic E-state index is 0.0515. The standard InChI is InChI=1S/C26H49N3.C23H41N3.C3H8.3C2H6/c1-12-14-15-23(18-20(3)13-2)19-27-22(5)28-24(25(6,7)8)17-16-21(4)29-26(9,10)11;1-11-16(4)12-22(18(6)19(7)24)25-17(5)13-20-21(23(20,8)9)14-26(10)15(2)3;1-3-2;3*1-2/h12-13,20,23-24,27-29H,1-2,4-5,14-19H2,3,6-11H3;16,20-22,25H,2,5-7,11-14,24H2,1,3-4,8-10H3;3H2,1-2H3;3*1-2H3/t;16?,20-,21+,22?;;;;/m.1..../s1. The third-order valence-corrected chi connectivity index (χ3v) is 11.6. The van der Waals surface area contributed by atoms with Crippen molar-refractivity contribution in [1.82, 2.24) is 26.2 Å². The summed E-state index contributed by atoms with van der Waals surface area (Å²) in [5.74, 6) is 3.94. The van der Waals surface area contributed by atoms with Gasteiger partial charge >= 0.3 is 0 Å². The van der Waals surface area contributed by atoms with Gasteiger partial charge in [-0.25, -0.2) is 0 Å². The monoisotopic (exact) mass is 897 g/mol. The Morgan fingerprint density at radius 2 is 1.31 bits per heavy atom. The molecule has 0 aromatic rings. The summed E-state index contributed by atoms with van der Waals surface area (Å²) in [7, 11) is 2.12. The van der Waals surface area contributed by atoms with Gasteiger partial charge in [0, 0.05) is 54.5 Å². The normalized spacial score (nSPS) is 16.6. The molecule has 1 rings (SSSR count). The van der Waals surface area contributed by atoms with E-state index < -0.39 is 0 Å². The Kier molecular flexibility index (Phi) is 41.3. The molecule has 1 aliphatic carbocycles. The molecule has 0 heterocycles. The lowest BCUT2D eigenvalue weighted by Crippen LogP contribution is -2.44. The fourth-order valence-corrected chi connectivity index (χ4v) is 7.17. The summed E-state index contributed by atoms with van der Waals surface area (Å²) in [5.41, 5.74) is 11.2. The number of rotatable bonds is 27. The largest absolute Gasteiger partial charge is 0.399 e. The average molecular weight is 898 g/mol. The lowest BCUT2D eigenvalue weighted by Gasteiger charge is -2.34. The van der Waals surface area contributed by atoms with Crippen molar-refractivity contribution in [3.63, 3.8) is 0 Å². The SMILES string of the molecule is C=C(C[C@@H]1[C@H](CN(C)C(=C)C)C1(C)C)NC(CC(C)CC)C(=C)C(=C)N.C=CCCC(CNC(=C)NC(CCC(=C)NC(C)(C)C)C(C)(C)C)CC(C)C=C.CC.CC.CC.CCC. The summed E-state index contributed by atoms with van der Waals surface area (Å²) >= 11 is 0. The van der Waals surface area contributed by atoms with E-state index in [0.29, 0.717) is 46.7 Å². The molecule has 0 saturated heterocycles. The van der Waals surface area contributed by atoms with Crippen molar-refractivity contribution in [3.05, 3.63) is 99.0 Å². The Balaban J connectivity index is -0.000000308. The molecule has 1 aliphatic rings. The highest BCUT2D eigenvalue weighted by Gasteiger charge is 2.57. The van der Waals surface area contributed by atoms with Gasteiger partial charge in [0.25, 0.3) is 0 Å². The average Bonchev–Trinajstić information content (AvgIpc) is 3.73. The second kappa shape index (κ2) is 37.9. The van der Waals surface area contributed by atoms with E-state index in [1.165, 1.54) is 6.42 Å². The predicted molar refractivity (Wildman–Crippen MR) is 297 cm³/mol. The molecule has 0 spiro atoms. The van der Waals surface area contributed by atoms with Crippen LogP contribution in [0.2, 0.25) is 0 Å². The van der Waals surface area contributed by atoms with Gasteiger partial charge in [0.1, 0.15) is 0 Å². The van der Waals surface area contributed by atoms with Crippen molar-refractivity contribution >= 4 is 0 Å². The molecule has 1 fully saturated rings. The first-order valence-corrected chi connectivity index (χ1v) is 25.4. The third-order valence-electron chi connectivity index (χ3n) is 11.6. The first-order valence-electron chi connectivity index (χ1n) is 25.4. The zero-order valence-corrected chi connectivity index (χ0v) is 47.2. The highest BCUT2D eigenvalue weighted by atomic mass is 15.1. The number of nitrogens with two attached hydrogens (primary N) is 1. The molecule has 0 radical (unpaired) electrons. The molecule has 7 atom stereocenters. The van der Waals surface area contributed by atoms with Crippen LogP contribution < -0.4 is 27.0 Å². The predicted octanol–water partition coefficient (Wildman–Crippen LogP) is 16.1. The van der Waals surface area contributed by atoms with Crippen LogP contribution in [0.25, 0.3) is 0 Å². The summed E-state index contributed by atoms with van der Waals surface area (Å²) < 4.78 is 0. The van der Waals surface area contributed by atoms with Gasteiger partial charge < -0.3 is 31.9 Å². The zero-order chi connectivity index (χ0) is 51.6. The van der Waals surface area contributed by atoms with Gasteiger partial charge in [-0.1, -0.05) is 175 Å². The quantitative estimate of drug-likeness (QED) is 0.0418. The van der Waals surface area contributed by atoms with Crippen LogP contribution in [0.4, 0.5) is 0 Å². The Morgan fingerprint density at radius 3 is 1.72 bits per heavy atom. The number of hydrogen-bond donors (Lipinski definition) is 5. The summed E-state index contributed by atoms with van der Waals surface area (Å²) in [6.07, 6.45) is 13.7. The van der Waals surface area contributed by atoms with Crippen LogP contribution >= 0.6 is 0 Å². The van der Waals surface area contributed by atoms with E-state index in [1.807, 2.05) is 53.7 Å². The highest BCUT2D eigenvalue weighted by molar-refractivity contribution is 5.29. The van der Waals surface area contributed by atoms with E-state index in [4.69, 9.17) is 5.73 Å². The van der Waals surface area contributed by atoms with E-state index >= 15 is 0 Å². The van der Waals surface area contributed by atoms with Crippen LogP contribution in [0.3, 0.4) is 0 Å². The minimum Gasteiger partial charge on any atom is -0.399 e. The molecule has 0 aliphatic heterocycles. The summed E-state index contributed by atoms with van der Waals surface area (Å²) in [4.78, 5) is 2.26. The summed E-state index contributed by atoms with van der Waals surface area (Å²) in [6, 6.07) is 0.438. The Hall–Kier alpha value is -3.28. The van der Waals surface area contributed by atoms with Crippen molar-refractivity contribution in [3.8, 4) is 0 Å². The topological polar surface area (TPSA) is 77.4 Å². The van der Waals surface area contributed by atoms with Gasteiger partial charge in [-0.05, 0) is 119 Å². The van der Waals surface area contributed by atoms with Gasteiger partial charge in [-0.2, -0.15) is 0 Å². The number of hydrogen-bond acceptors (Lipinski definition) is 6. The van der Waals surface area contributed by atoms with Gasteiger partial charge in [-0.3, -0.25) is 0 Å². The maximum absolute atomic E-state index is 5.91. The second-order valence-corrected chi connectivity index (χ2v) is 20.3. The molecule has 0 amide bonds. The Bertz CT molecular complexity index is 1290. The van der Waals surface area contributed by atoms with Crippen LogP contribution in [0.15, 0.2) is 99.0 Å². The van der Waals surface area contributed by atoms with Crippen LogP contribution in [-0.4, -0.2) is 42.7 Å². The first kappa shape index (κ1) is 69.8. The second-order valence-electron chi connectivity index (χ2n) is 20.3. The summed E-state index contributed by atoms with van der Waals surface area (Å²) in [6.45, 7) is 77.7. The van der Waals surface area contributed by atoms with Gasteiger partial charge in [0.2, 0.25) is 0 Å². The molecular formula is C58H116N6. The van der Waals surface area contributed by atoms with Crippen molar-refractivity contribution in [1.29, 1.82) is 0 Å². The minimum absolute atomic E-state index is 0.0515. The number of nitrogens with zero attached hydrogens (tertiary/aromatic N) is 1. The molecular weight excluding hydrogens is 781 g/mol. The number of nitrogens with one attached hydrogen (secondary N) is 4. The van der Waals surface area contributed by atoms with Gasteiger partial charge in [0.15, 0.2) is 0 Å². The molecule has 6 heteroatoms. The van der Waals surface area contributed by atoms with Crippen molar-refractivity contribution in [2.45, 2.75) is 214 Å². The van der Waals surface area contributed by atoms with Gasteiger partial charge in [0.05, 0.1) is 11.9 Å². The van der Waals surface area contributed by atoms with Crippen LogP contribution in [0.5, 0.6) is 0 Å². The van der Waals surface area contributed by atoms with E-state index in [2.05, 4.69) is 183 Å². The zero-order valence-electron chi connectivity index (χ0n) is 47.2.